The number of thioether (sulfide) groups is 1. The summed E-state index contributed by atoms with van der Waals surface area (Å²) < 4.78 is 6.71. The van der Waals surface area contributed by atoms with Crippen LogP contribution in [0.3, 0.4) is 0 Å². The van der Waals surface area contributed by atoms with Gasteiger partial charge in [-0.2, -0.15) is 0 Å². The summed E-state index contributed by atoms with van der Waals surface area (Å²) in [6.07, 6.45) is 2.51. The summed E-state index contributed by atoms with van der Waals surface area (Å²) in [6, 6.07) is 9.06. The lowest BCUT2D eigenvalue weighted by Crippen LogP contribution is -2.46. The van der Waals surface area contributed by atoms with Crippen LogP contribution < -0.4 is 5.32 Å². The van der Waals surface area contributed by atoms with Gasteiger partial charge in [-0.25, -0.2) is 4.79 Å². The van der Waals surface area contributed by atoms with Gasteiger partial charge in [-0.1, -0.05) is 68.4 Å². The standard InChI is InChI=1S/C20H26N4O3S/c1-5-12-24-18(15-10-8-7-9-11-15)22-23-20(24)28-13-16(25)21-17(14(3)6-2)19(26)27-4/h5,7-11,14,17H,1,6,12-13H2,2-4H3,(H,21,25)/t14-,17+/m1/s1. The molecule has 0 fully saturated rings. The Kier molecular flexibility index (Phi) is 8.25. The van der Waals surface area contributed by atoms with E-state index in [0.29, 0.717) is 11.7 Å². The molecule has 1 amide bonds. The van der Waals surface area contributed by atoms with Gasteiger partial charge in [0.2, 0.25) is 5.91 Å². The zero-order valence-corrected chi connectivity index (χ0v) is 17.2. The van der Waals surface area contributed by atoms with E-state index in [9.17, 15) is 9.59 Å². The molecule has 7 nitrogen and oxygen atoms in total. The minimum atomic E-state index is -0.658. The van der Waals surface area contributed by atoms with Crippen molar-refractivity contribution >= 4 is 23.6 Å². The fourth-order valence-electron chi connectivity index (χ4n) is 2.63. The lowest BCUT2D eigenvalue weighted by Gasteiger charge is -2.21. The number of carbonyl (C=O) groups is 2. The van der Waals surface area contributed by atoms with Crippen molar-refractivity contribution in [1.82, 2.24) is 20.1 Å². The van der Waals surface area contributed by atoms with Crippen LogP contribution in [0.2, 0.25) is 0 Å². The normalized spacial score (nSPS) is 12.8. The first-order valence-electron chi connectivity index (χ1n) is 9.11. The van der Waals surface area contributed by atoms with Crippen LogP contribution in [0.4, 0.5) is 0 Å². The smallest absolute Gasteiger partial charge is 0.328 e. The number of rotatable bonds is 10. The molecule has 0 aliphatic heterocycles. The molecule has 8 heteroatoms. The molecule has 28 heavy (non-hydrogen) atoms. The zero-order valence-electron chi connectivity index (χ0n) is 16.4. The van der Waals surface area contributed by atoms with Gasteiger partial charge in [0.25, 0.3) is 0 Å². The van der Waals surface area contributed by atoms with Gasteiger partial charge in [-0.05, 0) is 5.92 Å². The first-order valence-corrected chi connectivity index (χ1v) is 10.1. The maximum Gasteiger partial charge on any atom is 0.328 e. The van der Waals surface area contributed by atoms with Crippen LogP contribution in [0, 0.1) is 5.92 Å². The molecule has 0 radical (unpaired) electrons. The molecule has 0 saturated carbocycles. The number of allylic oxidation sites excluding steroid dienone is 1. The molecule has 0 unspecified atom stereocenters. The van der Waals surface area contributed by atoms with E-state index < -0.39 is 12.0 Å². The van der Waals surface area contributed by atoms with Gasteiger partial charge in [0.05, 0.1) is 12.9 Å². The van der Waals surface area contributed by atoms with Gasteiger partial charge in [-0.15, -0.1) is 16.8 Å². The molecule has 1 aromatic carbocycles. The Morgan fingerprint density at radius 1 is 1.32 bits per heavy atom. The first-order chi connectivity index (χ1) is 13.5. The number of nitrogens with zero attached hydrogens (tertiary/aromatic N) is 3. The molecule has 2 rings (SSSR count). The third-order valence-electron chi connectivity index (χ3n) is 4.38. The number of aromatic nitrogens is 3. The lowest BCUT2D eigenvalue weighted by atomic mass is 9.99. The largest absolute Gasteiger partial charge is 0.467 e. The third-order valence-corrected chi connectivity index (χ3v) is 5.34. The summed E-state index contributed by atoms with van der Waals surface area (Å²) in [6.45, 7) is 8.18. The van der Waals surface area contributed by atoms with Crippen molar-refractivity contribution in [3.05, 3.63) is 43.0 Å². The first kappa shape index (κ1) is 21.7. The number of benzene rings is 1. The van der Waals surface area contributed by atoms with Crippen molar-refractivity contribution in [3.63, 3.8) is 0 Å². The summed E-state index contributed by atoms with van der Waals surface area (Å²) in [5.74, 6) is 0.128. The zero-order chi connectivity index (χ0) is 20.5. The van der Waals surface area contributed by atoms with Gasteiger partial charge in [0.15, 0.2) is 11.0 Å². The van der Waals surface area contributed by atoms with Gasteiger partial charge < -0.3 is 10.1 Å². The summed E-state index contributed by atoms with van der Waals surface area (Å²) in [5, 5.41) is 11.9. The summed E-state index contributed by atoms with van der Waals surface area (Å²) in [4.78, 5) is 24.3. The topological polar surface area (TPSA) is 86.1 Å². The summed E-state index contributed by atoms with van der Waals surface area (Å²) in [7, 11) is 1.32. The molecule has 0 aliphatic carbocycles. The Hall–Kier alpha value is -2.61. The second kappa shape index (κ2) is 10.7. The van der Waals surface area contributed by atoms with Crippen LogP contribution in [0.5, 0.6) is 0 Å². The number of amides is 1. The molecule has 2 aromatic rings. The van der Waals surface area contributed by atoms with Crippen molar-refractivity contribution in [3.8, 4) is 11.4 Å². The maximum absolute atomic E-state index is 12.4. The summed E-state index contributed by atoms with van der Waals surface area (Å²) >= 11 is 1.27. The van der Waals surface area contributed by atoms with Crippen LogP contribution in [-0.2, 0) is 20.9 Å². The van der Waals surface area contributed by atoms with E-state index in [4.69, 9.17) is 4.74 Å². The van der Waals surface area contributed by atoms with Crippen LogP contribution >= 0.6 is 11.8 Å². The van der Waals surface area contributed by atoms with Crippen LogP contribution in [0.1, 0.15) is 20.3 Å². The predicted molar refractivity (Wildman–Crippen MR) is 110 cm³/mol. The second-order valence-corrected chi connectivity index (χ2v) is 7.26. The van der Waals surface area contributed by atoms with E-state index in [0.717, 1.165) is 17.8 Å². The van der Waals surface area contributed by atoms with Gasteiger partial charge >= 0.3 is 5.97 Å². The monoisotopic (exact) mass is 402 g/mol. The number of nitrogens with one attached hydrogen (secondary N) is 1. The minimum Gasteiger partial charge on any atom is -0.467 e. The molecule has 2 atom stereocenters. The Labute approximate surface area is 169 Å². The number of methoxy groups -OCH3 is 1. The lowest BCUT2D eigenvalue weighted by molar-refractivity contribution is -0.146. The van der Waals surface area contributed by atoms with Gasteiger partial charge in [0.1, 0.15) is 6.04 Å². The second-order valence-electron chi connectivity index (χ2n) is 6.31. The average Bonchev–Trinajstić information content (AvgIpc) is 3.12. The maximum atomic E-state index is 12.4. The van der Waals surface area contributed by atoms with Gasteiger partial charge in [0, 0.05) is 12.1 Å². The SMILES string of the molecule is C=CCn1c(SCC(=O)N[C@H](C(=O)OC)[C@H](C)CC)nnc1-c1ccccc1. The molecule has 0 saturated heterocycles. The average molecular weight is 403 g/mol. The Morgan fingerprint density at radius 3 is 2.64 bits per heavy atom. The molecule has 150 valence electrons. The molecular formula is C20H26N4O3S. The van der Waals surface area contributed by atoms with Crippen molar-refractivity contribution in [2.45, 2.75) is 38.0 Å². The van der Waals surface area contributed by atoms with Crippen LogP contribution in [0.25, 0.3) is 11.4 Å². The fraction of sp³-hybridized carbons (Fsp3) is 0.400. The van der Waals surface area contributed by atoms with Crippen molar-refractivity contribution in [2.75, 3.05) is 12.9 Å². The number of ether oxygens (including phenoxy) is 1. The molecule has 0 bridgehead atoms. The van der Waals surface area contributed by atoms with Crippen molar-refractivity contribution in [1.29, 1.82) is 0 Å². The Morgan fingerprint density at radius 2 is 2.04 bits per heavy atom. The van der Waals surface area contributed by atoms with Crippen LogP contribution in [-0.4, -0.2) is 45.5 Å². The van der Waals surface area contributed by atoms with E-state index in [-0.39, 0.29) is 17.6 Å². The van der Waals surface area contributed by atoms with Crippen molar-refractivity contribution < 1.29 is 14.3 Å². The number of esters is 1. The molecule has 0 spiro atoms. The van der Waals surface area contributed by atoms with E-state index >= 15 is 0 Å². The van der Waals surface area contributed by atoms with E-state index in [1.54, 1.807) is 6.08 Å². The highest BCUT2D eigenvalue weighted by Crippen LogP contribution is 2.24. The highest BCUT2D eigenvalue weighted by molar-refractivity contribution is 7.99. The Balaban J connectivity index is 2.09. The quantitative estimate of drug-likeness (QED) is 0.374. The molecular weight excluding hydrogens is 376 g/mol. The number of hydrogen-bond acceptors (Lipinski definition) is 6. The number of hydrogen-bond donors (Lipinski definition) is 1. The minimum absolute atomic E-state index is 0.0181. The van der Waals surface area contributed by atoms with E-state index in [1.165, 1.54) is 18.9 Å². The molecule has 1 N–H and O–H groups in total. The number of carbonyl (C=O) groups excluding carboxylic acids is 2. The van der Waals surface area contributed by atoms with Gasteiger partial charge in [-0.3, -0.25) is 9.36 Å². The molecule has 1 heterocycles. The van der Waals surface area contributed by atoms with Crippen molar-refractivity contribution in [2.24, 2.45) is 5.92 Å². The van der Waals surface area contributed by atoms with E-state index in [2.05, 4.69) is 22.1 Å². The highest BCUT2D eigenvalue weighted by atomic mass is 32.2. The summed E-state index contributed by atoms with van der Waals surface area (Å²) in [5.41, 5.74) is 0.940. The third kappa shape index (κ3) is 5.45. The predicted octanol–water partition coefficient (Wildman–Crippen LogP) is 2.93. The molecule has 0 aliphatic rings. The Bertz CT molecular complexity index is 807. The molecule has 1 aromatic heterocycles. The highest BCUT2D eigenvalue weighted by Gasteiger charge is 2.26. The van der Waals surface area contributed by atoms with E-state index in [1.807, 2.05) is 48.7 Å². The fourth-order valence-corrected chi connectivity index (χ4v) is 3.39. The van der Waals surface area contributed by atoms with Crippen LogP contribution in [0.15, 0.2) is 48.1 Å².